The van der Waals surface area contributed by atoms with E-state index in [1.54, 1.807) is 36.4 Å². The van der Waals surface area contributed by atoms with Crippen molar-refractivity contribution < 1.29 is 61.4 Å². The number of hydrogen-bond donors (Lipinski definition) is 0. The van der Waals surface area contributed by atoms with Crippen molar-refractivity contribution in [1.82, 2.24) is 29.9 Å². The molecule has 622 valence electrons. The summed E-state index contributed by atoms with van der Waals surface area (Å²) in [6.45, 7) is 8.29. The second-order valence-electron chi connectivity index (χ2n) is 31.3. The molecule has 14 aromatic carbocycles. The van der Waals surface area contributed by atoms with E-state index in [-0.39, 0.29) is 23.7 Å². The molecule has 1 aliphatic heterocycles. The van der Waals surface area contributed by atoms with Gasteiger partial charge < -0.3 is 13.5 Å². The monoisotopic (exact) mass is 1700 g/mol. The zero-order chi connectivity index (χ0) is 87.8. The molecule has 0 bridgehead atoms. The van der Waals surface area contributed by atoms with Crippen molar-refractivity contribution in [2.24, 2.45) is 0 Å². The maximum atomic E-state index is 14.2. The topological polar surface area (TPSA) is 139 Å². The zero-order valence-electron chi connectivity index (χ0n) is 67.9. The van der Waals surface area contributed by atoms with Gasteiger partial charge in [0.2, 0.25) is 0 Å². The molecule has 0 N–H and O–H groups in total. The maximum Gasteiger partial charge on any atom is 0.494 e. The van der Waals surface area contributed by atoms with Crippen LogP contribution < -0.4 is 9.65 Å². The van der Waals surface area contributed by atoms with Crippen LogP contribution in [0, 0.1) is 0 Å². The molecule has 0 atom stereocenters. The van der Waals surface area contributed by atoms with Gasteiger partial charge in [0.05, 0.1) is 45.0 Å². The summed E-state index contributed by atoms with van der Waals surface area (Å²) in [5, 5.41) is -1.74. The van der Waals surface area contributed by atoms with Gasteiger partial charge in [-0.2, -0.15) is 47.9 Å². The Morgan fingerprint density at radius 2 is 0.611 bits per heavy atom. The first kappa shape index (κ1) is 83.9. The fourth-order valence-corrected chi connectivity index (χ4v) is 15.8. The summed E-state index contributed by atoms with van der Waals surface area (Å²) in [6, 6.07) is 118. The lowest BCUT2D eigenvalue weighted by Gasteiger charge is -2.32. The van der Waals surface area contributed by atoms with Gasteiger partial charge >= 0.3 is 40.5 Å². The fourth-order valence-electron chi connectivity index (χ4n) is 14.9. The van der Waals surface area contributed by atoms with Crippen molar-refractivity contribution in [1.29, 1.82) is 0 Å². The van der Waals surface area contributed by atoms with Gasteiger partial charge in [-0.3, -0.25) is 9.97 Å². The Bertz CT molecular complexity index is 7010. The SMILES string of the molecule is CC1(C)OB(c2ccc(-c3cccc4cccnc34)cc2)OC1(C)C.O=S(=O)(Oc1ccc2ccc(-c3ccc(-c4nc(-c5ccccc5)cc(-c5ccccc5)n4)cc3)cc2c1)C(F)(F)C(F)(F)C(F)(F)C(F)(F)F.c1ccc(-c2cc(-c3ccccc3)nc(-c3ccc(-c4ccc5ccc(-c6ccc(-c7cccc8cccnc78)cc6)cc5c4)cc3)n2)cc1. The van der Waals surface area contributed by atoms with Crippen LogP contribution in [0.15, 0.2) is 376 Å². The summed E-state index contributed by atoms with van der Waals surface area (Å²) in [5.74, 6) is -14.7. The molecule has 19 rings (SSSR count). The van der Waals surface area contributed by atoms with E-state index in [0.717, 1.165) is 112 Å². The standard InChI is InChI=1S/C47H31N3.C36H21F9N2O3S.C21H22BNO2/c1-3-9-36(10-4-1)44-31-45(37-11-5-2-6-12-37)50-47(49-44)39-24-18-33(19-25-39)41-27-21-34-20-26-40(29-42(34)30-41)32-16-22-35(23-17-32)43-15-7-13-38-14-8-28-48-46(38)43;37-33(38,35(41,42)43)34(39,40)36(44,45)51(48,49)50-29-18-17-23-13-16-27(19-28(23)20-29)22-11-14-26(15-12-22)32-46-30(24-7-3-1-4-8-24)21-31(47-32)25-9-5-2-6-10-25;1-20(2)21(3,4)25-22(24-20)17-12-10-15(11-13-17)18-9-5-7-16-8-6-14-23-19(16)18/h1-31H;1-21H;5-14H,1-4H3. The third kappa shape index (κ3) is 17.0. The van der Waals surface area contributed by atoms with Crippen LogP contribution >= 0.6 is 0 Å². The van der Waals surface area contributed by atoms with E-state index >= 15 is 0 Å². The van der Waals surface area contributed by atoms with E-state index in [1.807, 2.05) is 128 Å². The predicted octanol–water partition coefficient (Wildman–Crippen LogP) is 26.8. The largest absolute Gasteiger partial charge is 0.494 e. The molecule has 0 amide bonds. The van der Waals surface area contributed by atoms with E-state index in [2.05, 4.69) is 230 Å². The average molecular weight is 1700 g/mol. The first-order valence-corrected chi connectivity index (χ1v) is 41.6. The molecule has 18 aromatic rings. The summed E-state index contributed by atoms with van der Waals surface area (Å²) >= 11 is 0. The molecule has 1 fully saturated rings. The molecule has 1 saturated heterocycles. The number of alkyl halides is 9. The van der Waals surface area contributed by atoms with Crippen LogP contribution in [0.3, 0.4) is 0 Å². The van der Waals surface area contributed by atoms with Gasteiger partial charge in [0.1, 0.15) is 5.75 Å². The number of pyridine rings is 2. The van der Waals surface area contributed by atoms with E-state index in [1.165, 1.54) is 33.5 Å². The first-order valence-electron chi connectivity index (χ1n) is 40.2. The number of nitrogens with zero attached hydrogens (tertiary/aromatic N) is 6. The summed E-state index contributed by atoms with van der Waals surface area (Å²) in [4.78, 5) is 28.7. The van der Waals surface area contributed by atoms with Gasteiger partial charge in [0.25, 0.3) is 0 Å². The van der Waals surface area contributed by atoms with Gasteiger partial charge in [-0.25, -0.2) is 19.9 Å². The highest BCUT2D eigenvalue weighted by molar-refractivity contribution is 7.88. The Balaban J connectivity index is 0.000000141. The average Bonchev–Trinajstić information content (AvgIpc) is 0.972. The molecule has 11 nitrogen and oxygen atoms in total. The molecule has 0 saturated carbocycles. The second-order valence-corrected chi connectivity index (χ2v) is 32.9. The zero-order valence-corrected chi connectivity index (χ0v) is 68.7. The molecule has 0 unspecified atom stereocenters. The van der Waals surface area contributed by atoms with Crippen LogP contribution in [0.2, 0.25) is 0 Å². The van der Waals surface area contributed by atoms with Crippen molar-refractivity contribution in [3.63, 3.8) is 0 Å². The van der Waals surface area contributed by atoms with E-state index < -0.39 is 39.1 Å². The van der Waals surface area contributed by atoms with Gasteiger partial charge in [-0.05, 0) is 154 Å². The minimum Gasteiger partial charge on any atom is -0.399 e. The Hall–Kier alpha value is -14.3. The number of hydrogen-bond acceptors (Lipinski definition) is 11. The molecule has 0 spiro atoms. The van der Waals surface area contributed by atoms with Crippen LogP contribution in [0.5, 0.6) is 5.75 Å². The van der Waals surface area contributed by atoms with Gasteiger partial charge in [-0.15, -0.1) is 0 Å². The molecule has 0 aliphatic carbocycles. The lowest BCUT2D eigenvalue weighted by molar-refractivity contribution is -0.382. The van der Waals surface area contributed by atoms with Crippen LogP contribution in [0.4, 0.5) is 39.5 Å². The van der Waals surface area contributed by atoms with Crippen molar-refractivity contribution >= 4 is 66.1 Å². The number of fused-ring (bicyclic) bond motifs is 4. The summed E-state index contributed by atoms with van der Waals surface area (Å²) in [5.41, 5.74) is 21.6. The number of halogens is 9. The molecule has 4 aromatic heterocycles. The predicted molar refractivity (Wildman–Crippen MR) is 482 cm³/mol. The number of para-hydroxylation sites is 2. The summed E-state index contributed by atoms with van der Waals surface area (Å²) in [7, 11) is -7.42. The Morgan fingerprint density at radius 1 is 0.294 bits per heavy atom. The van der Waals surface area contributed by atoms with Gasteiger partial charge in [0, 0.05) is 67.7 Å². The van der Waals surface area contributed by atoms with Gasteiger partial charge in [0.15, 0.2) is 11.6 Å². The lowest BCUT2D eigenvalue weighted by Crippen LogP contribution is -2.63. The number of benzene rings is 14. The third-order valence-corrected chi connectivity index (χ3v) is 23.8. The number of aromatic nitrogens is 6. The maximum absolute atomic E-state index is 14.2. The molecule has 0 radical (unpaired) electrons. The quantitative estimate of drug-likeness (QED) is 0.0489. The highest BCUT2D eigenvalue weighted by Crippen LogP contribution is 2.55. The highest BCUT2D eigenvalue weighted by Gasteiger charge is 2.86. The smallest absolute Gasteiger partial charge is 0.399 e. The van der Waals surface area contributed by atoms with Crippen LogP contribution in [-0.4, -0.2) is 79.9 Å². The summed E-state index contributed by atoms with van der Waals surface area (Å²) < 4.78 is 160. The third-order valence-electron chi connectivity index (χ3n) is 22.5. The molecule has 22 heteroatoms. The Labute approximate surface area is 720 Å². The molecule has 1 aliphatic rings. The minimum atomic E-state index is -7.41. The van der Waals surface area contributed by atoms with Crippen LogP contribution in [0.1, 0.15) is 27.7 Å². The summed E-state index contributed by atoms with van der Waals surface area (Å²) in [6.07, 6.45) is -3.50. The molecule has 126 heavy (non-hydrogen) atoms. The van der Waals surface area contributed by atoms with E-state index in [9.17, 15) is 47.9 Å². The fraction of sp³-hybridized carbons (Fsp3) is 0.0962. The normalized spacial score (nSPS) is 13.4. The van der Waals surface area contributed by atoms with E-state index in [0.29, 0.717) is 45.1 Å². The minimum absolute atomic E-state index is 0.131. The van der Waals surface area contributed by atoms with Crippen molar-refractivity contribution in [2.75, 3.05) is 0 Å². The Morgan fingerprint density at radius 3 is 0.976 bits per heavy atom. The second kappa shape index (κ2) is 34.1. The van der Waals surface area contributed by atoms with Crippen LogP contribution in [-0.2, 0) is 19.4 Å². The lowest BCUT2D eigenvalue weighted by atomic mass is 9.78. The van der Waals surface area contributed by atoms with Crippen molar-refractivity contribution in [2.45, 2.75) is 62.2 Å². The first-order chi connectivity index (χ1) is 60.5. The number of rotatable bonds is 17. The molecular formula is C104H74BF9N6O5S. The van der Waals surface area contributed by atoms with E-state index in [4.69, 9.17) is 29.2 Å². The highest BCUT2D eigenvalue weighted by atomic mass is 32.2. The van der Waals surface area contributed by atoms with Crippen LogP contribution in [0.25, 0.3) is 167 Å². The molecule has 5 heterocycles. The van der Waals surface area contributed by atoms with Crippen molar-refractivity contribution in [3.05, 3.63) is 376 Å². The Kier molecular flexibility index (Phi) is 22.7. The van der Waals surface area contributed by atoms with Gasteiger partial charge in [-0.1, -0.05) is 309 Å². The van der Waals surface area contributed by atoms with Crippen molar-refractivity contribution in [3.8, 4) is 129 Å². The molecular weight excluding hydrogens is 1630 g/mol.